The van der Waals surface area contributed by atoms with Crippen LogP contribution < -0.4 is 20.2 Å². The summed E-state index contributed by atoms with van der Waals surface area (Å²) in [6.45, 7) is 4.55. The number of anilines is 1. The highest BCUT2D eigenvalue weighted by atomic mass is 32.1. The first kappa shape index (κ1) is 28.4. The summed E-state index contributed by atoms with van der Waals surface area (Å²) >= 11 is 1.29. The fraction of sp³-hybridized carbons (Fsp3) is 0.108. The number of halogens is 1. The van der Waals surface area contributed by atoms with Crippen LogP contribution in [0, 0.1) is 12.7 Å². The van der Waals surface area contributed by atoms with Gasteiger partial charge in [0.15, 0.2) is 4.80 Å². The molecule has 1 amide bonds. The van der Waals surface area contributed by atoms with Crippen LogP contribution in [-0.4, -0.2) is 15.0 Å². The van der Waals surface area contributed by atoms with Crippen LogP contribution >= 0.6 is 11.3 Å². The molecule has 0 bridgehead atoms. The van der Waals surface area contributed by atoms with Gasteiger partial charge in [-0.1, -0.05) is 90.2 Å². The van der Waals surface area contributed by atoms with E-state index in [-0.39, 0.29) is 11.5 Å². The van der Waals surface area contributed by atoms with E-state index in [1.165, 1.54) is 29.0 Å². The van der Waals surface area contributed by atoms with Gasteiger partial charge in [-0.2, -0.15) is 0 Å². The summed E-state index contributed by atoms with van der Waals surface area (Å²) in [5, 5.41) is 3.99. The van der Waals surface area contributed by atoms with Crippen molar-refractivity contribution in [1.29, 1.82) is 0 Å². The van der Waals surface area contributed by atoms with Gasteiger partial charge < -0.3 is 9.88 Å². The number of nitrogens with one attached hydrogen (secondary N) is 1. The molecule has 6 nitrogen and oxygen atoms in total. The van der Waals surface area contributed by atoms with Crippen molar-refractivity contribution in [2.75, 3.05) is 5.32 Å². The molecule has 0 saturated carbocycles. The van der Waals surface area contributed by atoms with Crippen molar-refractivity contribution < 1.29 is 9.18 Å². The van der Waals surface area contributed by atoms with Crippen LogP contribution in [0.1, 0.15) is 35.3 Å². The SMILES string of the molecule is CC1=C(C(=O)Nc2ccccc2)[C@@H](c2ccc(F)cc2)n2c(s/c(=C\c3c(C)n(Cc4ccccc4)c4ccccc34)c2=O)=N1. The molecule has 45 heavy (non-hydrogen) atoms. The molecular weight excluding hydrogens is 583 g/mol. The predicted molar refractivity (Wildman–Crippen MR) is 177 cm³/mol. The number of rotatable bonds is 6. The van der Waals surface area contributed by atoms with Gasteiger partial charge in [0.25, 0.3) is 11.5 Å². The van der Waals surface area contributed by atoms with Crippen LogP contribution in [0.4, 0.5) is 10.1 Å². The number of allylic oxidation sites excluding steroid dienone is 1. The Morgan fingerprint density at radius 2 is 1.58 bits per heavy atom. The van der Waals surface area contributed by atoms with Crippen LogP contribution in [0.25, 0.3) is 17.0 Å². The monoisotopic (exact) mass is 612 g/mol. The number of carbonyl (C=O) groups excluding carboxylic acids is 1. The number of aromatic nitrogens is 2. The van der Waals surface area contributed by atoms with Gasteiger partial charge >= 0.3 is 0 Å². The van der Waals surface area contributed by atoms with E-state index >= 15 is 0 Å². The molecule has 0 aliphatic carbocycles. The van der Waals surface area contributed by atoms with Gasteiger partial charge in [0.2, 0.25) is 0 Å². The molecule has 1 N–H and O–H groups in total. The van der Waals surface area contributed by atoms with Crippen molar-refractivity contribution in [2.24, 2.45) is 4.99 Å². The second-order valence-electron chi connectivity index (χ2n) is 11.0. The number of hydrogen-bond donors (Lipinski definition) is 1. The highest BCUT2D eigenvalue weighted by Gasteiger charge is 2.32. The lowest BCUT2D eigenvalue weighted by Crippen LogP contribution is -2.40. The number of para-hydroxylation sites is 2. The predicted octanol–water partition coefficient (Wildman–Crippen LogP) is 6.32. The molecule has 1 atom stereocenters. The lowest BCUT2D eigenvalue weighted by Gasteiger charge is -2.25. The third-order valence-electron chi connectivity index (χ3n) is 8.22. The minimum Gasteiger partial charge on any atom is -0.340 e. The maximum absolute atomic E-state index is 14.3. The fourth-order valence-corrected chi connectivity index (χ4v) is 7.06. The number of carbonyl (C=O) groups is 1. The second kappa shape index (κ2) is 11.6. The molecular formula is C37H29FN4O2S. The summed E-state index contributed by atoms with van der Waals surface area (Å²) in [6, 6.07) is 32.8. The van der Waals surface area contributed by atoms with Gasteiger partial charge in [-0.3, -0.25) is 14.2 Å². The molecule has 4 aromatic carbocycles. The van der Waals surface area contributed by atoms with Crippen LogP contribution in [-0.2, 0) is 11.3 Å². The van der Waals surface area contributed by atoms with Crippen molar-refractivity contribution in [3.8, 4) is 0 Å². The summed E-state index contributed by atoms with van der Waals surface area (Å²) in [5.41, 5.74) is 6.09. The molecule has 6 aromatic rings. The zero-order valence-corrected chi connectivity index (χ0v) is 25.5. The maximum atomic E-state index is 14.3. The van der Waals surface area contributed by atoms with Gasteiger partial charge in [-0.15, -0.1) is 0 Å². The molecule has 0 unspecified atom stereocenters. The van der Waals surface area contributed by atoms with E-state index < -0.39 is 11.9 Å². The Kier molecular flexibility index (Phi) is 7.35. The molecule has 1 aliphatic rings. The molecule has 222 valence electrons. The van der Waals surface area contributed by atoms with E-state index in [9.17, 15) is 14.0 Å². The highest BCUT2D eigenvalue weighted by molar-refractivity contribution is 7.07. The zero-order valence-electron chi connectivity index (χ0n) is 24.7. The van der Waals surface area contributed by atoms with E-state index in [1.54, 1.807) is 35.8 Å². The average Bonchev–Trinajstić information content (AvgIpc) is 3.50. The Labute approximate surface area is 262 Å². The summed E-state index contributed by atoms with van der Waals surface area (Å²) in [6.07, 6.45) is 1.94. The van der Waals surface area contributed by atoms with Crippen LogP contribution in [0.5, 0.6) is 0 Å². The number of nitrogens with zero attached hydrogens (tertiary/aromatic N) is 3. The van der Waals surface area contributed by atoms with Gasteiger partial charge in [-0.25, -0.2) is 9.38 Å². The van der Waals surface area contributed by atoms with Crippen molar-refractivity contribution in [3.05, 3.63) is 168 Å². The standard InChI is InChI=1S/C37H29FN4O2S/c1-23-33(35(43)40-28-13-7-4-8-14-28)34(26-17-19-27(38)20-18-26)42-36(44)32(45-37(42)39-23)21-30-24(2)41(22-25-11-5-3-6-12-25)31-16-10-9-15-29(30)31/h3-21,34H,22H2,1-2H3,(H,40,43)/b32-21-/t34-/m1/s1. The molecule has 2 aromatic heterocycles. The van der Waals surface area contributed by atoms with E-state index in [0.717, 1.165) is 22.2 Å². The Morgan fingerprint density at radius 1 is 0.911 bits per heavy atom. The summed E-state index contributed by atoms with van der Waals surface area (Å²) in [5.74, 6) is -0.768. The normalized spacial score (nSPS) is 14.8. The molecule has 0 spiro atoms. The topological polar surface area (TPSA) is 68.4 Å². The van der Waals surface area contributed by atoms with E-state index in [0.29, 0.717) is 38.4 Å². The Hall–Kier alpha value is -5.34. The molecule has 1 aliphatic heterocycles. The molecule has 0 radical (unpaired) electrons. The van der Waals surface area contributed by atoms with Crippen LogP contribution in [0.15, 0.2) is 130 Å². The van der Waals surface area contributed by atoms with Gasteiger partial charge in [0.05, 0.1) is 21.8 Å². The minimum atomic E-state index is -0.784. The fourth-order valence-electron chi connectivity index (χ4n) is 6.03. The maximum Gasteiger partial charge on any atom is 0.271 e. The Bertz CT molecular complexity index is 2280. The third-order valence-corrected chi connectivity index (χ3v) is 9.21. The minimum absolute atomic E-state index is 0.259. The van der Waals surface area contributed by atoms with E-state index in [4.69, 9.17) is 4.99 Å². The summed E-state index contributed by atoms with van der Waals surface area (Å²) < 4.78 is 18.4. The second-order valence-corrected chi connectivity index (χ2v) is 12.1. The first-order valence-corrected chi connectivity index (χ1v) is 15.5. The molecule has 3 heterocycles. The number of benzene rings is 4. The first-order valence-electron chi connectivity index (χ1n) is 14.6. The van der Waals surface area contributed by atoms with Crippen molar-refractivity contribution in [3.63, 3.8) is 0 Å². The summed E-state index contributed by atoms with van der Waals surface area (Å²) in [4.78, 5) is 33.3. The lowest BCUT2D eigenvalue weighted by atomic mass is 9.95. The number of thiazole rings is 1. The Morgan fingerprint density at radius 3 is 2.31 bits per heavy atom. The van der Waals surface area contributed by atoms with Crippen LogP contribution in [0.2, 0.25) is 0 Å². The quantitative estimate of drug-likeness (QED) is 0.239. The third kappa shape index (κ3) is 5.23. The largest absolute Gasteiger partial charge is 0.340 e. The number of fused-ring (bicyclic) bond motifs is 2. The highest BCUT2D eigenvalue weighted by Crippen LogP contribution is 2.31. The average molecular weight is 613 g/mol. The zero-order chi connectivity index (χ0) is 31.1. The van der Waals surface area contributed by atoms with Gasteiger partial charge in [0.1, 0.15) is 5.82 Å². The van der Waals surface area contributed by atoms with Crippen molar-refractivity contribution in [2.45, 2.75) is 26.4 Å². The molecule has 0 fully saturated rings. The summed E-state index contributed by atoms with van der Waals surface area (Å²) in [7, 11) is 0. The van der Waals surface area contributed by atoms with Crippen molar-refractivity contribution in [1.82, 2.24) is 9.13 Å². The molecule has 7 rings (SSSR count). The van der Waals surface area contributed by atoms with Gasteiger partial charge in [-0.05, 0) is 61.4 Å². The smallest absolute Gasteiger partial charge is 0.271 e. The first-order chi connectivity index (χ1) is 21.9. The lowest BCUT2D eigenvalue weighted by molar-refractivity contribution is -0.113. The number of amides is 1. The van der Waals surface area contributed by atoms with Gasteiger partial charge in [0, 0.05) is 34.4 Å². The van der Waals surface area contributed by atoms with E-state index in [1.807, 2.05) is 54.6 Å². The van der Waals surface area contributed by atoms with E-state index in [2.05, 4.69) is 41.1 Å². The Balaban J connectivity index is 1.39. The number of hydrogen-bond acceptors (Lipinski definition) is 4. The molecule has 8 heteroatoms. The van der Waals surface area contributed by atoms with Crippen LogP contribution in [0.3, 0.4) is 0 Å². The molecule has 0 saturated heterocycles. The van der Waals surface area contributed by atoms with Crippen molar-refractivity contribution >= 4 is 39.9 Å².